The van der Waals surface area contributed by atoms with Gasteiger partial charge in [-0.2, -0.15) is 4.99 Å². The Balaban J connectivity index is 1.77. The lowest BCUT2D eigenvalue weighted by Crippen LogP contribution is -2.39. The summed E-state index contributed by atoms with van der Waals surface area (Å²) in [6, 6.07) is 7.27. The molecular formula is C17H18N2O4S2. The molecule has 0 aromatic heterocycles. The number of likely N-dealkylation sites (tertiary alicyclic amines) is 1. The van der Waals surface area contributed by atoms with Crippen LogP contribution in [0.15, 0.2) is 39.1 Å². The monoisotopic (exact) mass is 378 g/mol. The Morgan fingerprint density at radius 2 is 2.16 bits per heavy atom. The lowest BCUT2D eigenvalue weighted by molar-refractivity contribution is -0.144. The van der Waals surface area contributed by atoms with Crippen molar-refractivity contribution in [2.75, 3.05) is 19.9 Å². The molecule has 0 unspecified atom stereocenters. The summed E-state index contributed by atoms with van der Waals surface area (Å²) in [6.45, 7) is 0.259. The second kappa shape index (κ2) is 7.63. The first-order chi connectivity index (χ1) is 12.0. The molecule has 0 radical (unpaired) electrons. The first-order valence-corrected chi connectivity index (χ1v) is 9.75. The van der Waals surface area contributed by atoms with E-state index in [1.165, 1.54) is 18.9 Å². The van der Waals surface area contributed by atoms with Gasteiger partial charge in [-0.25, -0.2) is 4.79 Å². The molecule has 0 saturated carbocycles. The van der Waals surface area contributed by atoms with Crippen LogP contribution >= 0.6 is 23.5 Å². The van der Waals surface area contributed by atoms with Crippen molar-refractivity contribution < 1.29 is 19.4 Å². The van der Waals surface area contributed by atoms with E-state index in [1.807, 2.05) is 30.5 Å². The summed E-state index contributed by atoms with van der Waals surface area (Å²) in [5.41, 5.74) is 0.913. The largest absolute Gasteiger partial charge is 0.467 e. The van der Waals surface area contributed by atoms with Gasteiger partial charge in [-0.1, -0.05) is 12.1 Å². The molecule has 8 heteroatoms. The van der Waals surface area contributed by atoms with E-state index in [0.29, 0.717) is 10.1 Å². The molecule has 0 spiro atoms. The molecule has 2 heterocycles. The summed E-state index contributed by atoms with van der Waals surface area (Å²) in [5.74, 6) is -0.767. The number of aliphatic hydroxyl groups is 1. The molecule has 1 saturated heterocycles. The van der Waals surface area contributed by atoms with Gasteiger partial charge in [0.1, 0.15) is 6.04 Å². The number of carbonyl (C=O) groups excluding carboxylic acids is 2. The van der Waals surface area contributed by atoms with E-state index in [9.17, 15) is 14.7 Å². The highest BCUT2D eigenvalue weighted by atomic mass is 32.2. The number of carbonyl (C=O) groups is 2. The number of aliphatic imine (C=N–C) groups is 1. The zero-order valence-electron chi connectivity index (χ0n) is 13.8. The third-order valence-corrected chi connectivity index (χ3v) is 5.79. The molecule has 1 aromatic rings. The van der Waals surface area contributed by atoms with Crippen molar-refractivity contribution in [2.45, 2.75) is 23.5 Å². The van der Waals surface area contributed by atoms with Crippen LogP contribution in [0.1, 0.15) is 12.0 Å². The molecule has 2 aliphatic heterocycles. The number of nitrogens with zero attached hydrogens (tertiary/aromatic N) is 2. The van der Waals surface area contributed by atoms with Crippen molar-refractivity contribution in [1.82, 2.24) is 4.90 Å². The second-order valence-corrected chi connectivity index (χ2v) is 7.55. The third-order valence-electron chi connectivity index (χ3n) is 4.02. The Bertz CT molecular complexity index is 746. The molecule has 2 aliphatic rings. The standard InChI is InChI=1S/C17H18N2O4S2/c1-23-16(22)13-8-11(20)9-19(13)17-18-15(21)14(25-17)7-10-3-5-12(24-2)6-4-10/h3-7,11,13,20H,8-9H2,1-2H3/b14-7+/t11-,13-/m0/s1. The quantitative estimate of drug-likeness (QED) is 0.489. The Kier molecular flexibility index (Phi) is 5.51. The zero-order valence-corrected chi connectivity index (χ0v) is 15.5. The van der Waals surface area contributed by atoms with Crippen LogP contribution in [0.4, 0.5) is 0 Å². The van der Waals surface area contributed by atoms with Gasteiger partial charge in [-0.15, -0.1) is 11.8 Å². The maximum atomic E-state index is 12.2. The molecule has 0 aliphatic carbocycles. The van der Waals surface area contributed by atoms with Gasteiger partial charge < -0.3 is 14.7 Å². The fraction of sp³-hybridized carbons (Fsp3) is 0.353. The summed E-state index contributed by atoms with van der Waals surface area (Å²) >= 11 is 2.87. The van der Waals surface area contributed by atoms with Gasteiger partial charge in [0.15, 0.2) is 5.17 Å². The lowest BCUT2D eigenvalue weighted by atomic mass is 10.2. The van der Waals surface area contributed by atoms with Crippen molar-refractivity contribution in [3.63, 3.8) is 0 Å². The Morgan fingerprint density at radius 1 is 1.44 bits per heavy atom. The number of hydrogen-bond donors (Lipinski definition) is 1. The van der Waals surface area contributed by atoms with Crippen LogP contribution in [0.5, 0.6) is 0 Å². The van der Waals surface area contributed by atoms with Gasteiger partial charge in [0, 0.05) is 17.9 Å². The number of hydrogen-bond acceptors (Lipinski definition) is 7. The predicted octanol–water partition coefficient (Wildman–Crippen LogP) is 1.99. The van der Waals surface area contributed by atoms with Gasteiger partial charge >= 0.3 is 5.97 Å². The van der Waals surface area contributed by atoms with E-state index in [4.69, 9.17) is 4.74 Å². The number of methoxy groups -OCH3 is 1. The zero-order chi connectivity index (χ0) is 18.0. The minimum Gasteiger partial charge on any atom is -0.467 e. The van der Waals surface area contributed by atoms with Crippen LogP contribution in [-0.2, 0) is 14.3 Å². The van der Waals surface area contributed by atoms with E-state index >= 15 is 0 Å². The Morgan fingerprint density at radius 3 is 2.80 bits per heavy atom. The fourth-order valence-electron chi connectivity index (χ4n) is 2.76. The molecule has 3 rings (SSSR count). The minimum atomic E-state index is -0.644. The topological polar surface area (TPSA) is 79.2 Å². The molecule has 1 N–H and O–H groups in total. The highest BCUT2D eigenvalue weighted by Gasteiger charge is 2.41. The van der Waals surface area contributed by atoms with Crippen molar-refractivity contribution in [3.8, 4) is 0 Å². The van der Waals surface area contributed by atoms with Crippen LogP contribution in [0, 0.1) is 0 Å². The van der Waals surface area contributed by atoms with Gasteiger partial charge in [0.2, 0.25) is 0 Å². The average molecular weight is 378 g/mol. The lowest BCUT2D eigenvalue weighted by Gasteiger charge is -2.22. The first kappa shape index (κ1) is 18.0. The fourth-order valence-corrected chi connectivity index (χ4v) is 4.14. The third kappa shape index (κ3) is 3.91. The molecular weight excluding hydrogens is 360 g/mol. The molecule has 6 nitrogen and oxygen atoms in total. The molecule has 2 atom stereocenters. The smallest absolute Gasteiger partial charge is 0.328 e. The molecule has 1 fully saturated rings. The summed E-state index contributed by atoms with van der Waals surface area (Å²) in [4.78, 5) is 31.5. The molecule has 1 aromatic carbocycles. The Hall–Kier alpha value is -1.77. The molecule has 1 amide bonds. The number of benzene rings is 1. The van der Waals surface area contributed by atoms with E-state index in [0.717, 1.165) is 10.5 Å². The summed E-state index contributed by atoms with van der Waals surface area (Å²) < 4.78 is 4.79. The van der Waals surface area contributed by atoms with Crippen LogP contribution in [0.3, 0.4) is 0 Å². The van der Waals surface area contributed by atoms with Gasteiger partial charge in [0.25, 0.3) is 5.91 Å². The summed E-state index contributed by atoms with van der Waals surface area (Å²) in [7, 11) is 1.31. The van der Waals surface area contributed by atoms with Crippen LogP contribution in [-0.4, -0.2) is 59.1 Å². The number of β-amino-alcohol motifs (C(OH)–C–C–N with tert-alkyl or cyclic N) is 1. The van der Waals surface area contributed by atoms with Crippen molar-refractivity contribution in [3.05, 3.63) is 34.7 Å². The normalized spacial score (nSPS) is 24.8. The van der Waals surface area contributed by atoms with E-state index in [-0.39, 0.29) is 18.9 Å². The maximum absolute atomic E-state index is 12.2. The van der Waals surface area contributed by atoms with E-state index in [1.54, 1.807) is 22.7 Å². The number of thioether (sulfide) groups is 2. The number of ether oxygens (including phenoxy) is 1. The highest BCUT2D eigenvalue weighted by Crippen LogP contribution is 2.34. The van der Waals surface area contributed by atoms with Crippen LogP contribution < -0.4 is 0 Å². The number of rotatable bonds is 3. The predicted molar refractivity (Wildman–Crippen MR) is 99.4 cm³/mol. The molecule has 132 valence electrons. The summed E-state index contributed by atoms with van der Waals surface area (Å²) in [6.07, 6.45) is 3.42. The minimum absolute atomic E-state index is 0.259. The number of aliphatic hydroxyl groups excluding tert-OH is 1. The highest BCUT2D eigenvalue weighted by molar-refractivity contribution is 8.18. The van der Waals surface area contributed by atoms with Gasteiger partial charge in [-0.05, 0) is 41.8 Å². The van der Waals surface area contributed by atoms with Crippen molar-refractivity contribution in [1.29, 1.82) is 0 Å². The molecule has 0 bridgehead atoms. The van der Waals surface area contributed by atoms with Crippen LogP contribution in [0.2, 0.25) is 0 Å². The number of amides is 1. The SMILES string of the molecule is COC(=O)[C@@H]1C[C@H](O)CN1C1=NC(=O)/C(=C\c2ccc(SC)cc2)S1. The van der Waals surface area contributed by atoms with Gasteiger partial charge in [0.05, 0.1) is 18.1 Å². The van der Waals surface area contributed by atoms with Gasteiger partial charge in [-0.3, -0.25) is 4.79 Å². The maximum Gasteiger partial charge on any atom is 0.328 e. The van der Waals surface area contributed by atoms with Crippen molar-refractivity contribution in [2.24, 2.45) is 4.99 Å². The first-order valence-electron chi connectivity index (χ1n) is 7.71. The number of esters is 1. The van der Waals surface area contributed by atoms with Crippen molar-refractivity contribution >= 4 is 46.6 Å². The van der Waals surface area contributed by atoms with E-state index in [2.05, 4.69) is 4.99 Å². The van der Waals surface area contributed by atoms with Crippen LogP contribution in [0.25, 0.3) is 6.08 Å². The second-order valence-electron chi connectivity index (χ2n) is 5.66. The molecule has 25 heavy (non-hydrogen) atoms. The number of amidine groups is 1. The van der Waals surface area contributed by atoms with E-state index < -0.39 is 18.1 Å². The average Bonchev–Trinajstić information content (AvgIpc) is 3.18. The Labute approximate surface area is 154 Å². The summed E-state index contributed by atoms with van der Waals surface area (Å²) in [5, 5.41) is 10.3.